The Balaban J connectivity index is 3.70. The first-order valence-electron chi connectivity index (χ1n) is 3.68. The highest BCUT2D eigenvalue weighted by Crippen LogP contribution is 2.27. The monoisotopic (exact) mass is 270 g/mol. The van der Waals surface area contributed by atoms with E-state index in [0.29, 0.717) is 0 Å². The van der Waals surface area contributed by atoms with Gasteiger partial charge in [-0.1, -0.05) is 11.6 Å². The predicted octanol–water partition coefficient (Wildman–Crippen LogP) is 2.61. The van der Waals surface area contributed by atoms with Crippen LogP contribution >= 0.6 is 22.3 Å². The second-order valence-electron chi connectivity index (χ2n) is 2.76. The zero-order chi connectivity index (χ0) is 11.8. The van der Waals surface area contributed by atoms with Crippen molar-refractivity contribution in [1.29, 1.82) is 0 Å². The predicted molar refractivity (Wildman–Crippen MR) is 54.5 cm³/mol. The molecule has 1 rings (SSSR count). The summed E-state index contributed by atoms with van der Waals surface area (Å²) in [6.45, 7) is 1.09. The fourth-order valence-electron chi connectivity index (χ4n) is 1.07. The lowest BCUT2D eigenvalue weighted by atomic mass is 10.1. The molecule has 0 N–H and O–H groups in total. The van der Waals surface area contributed by atoms with E-state index in [9.17, 15) is 17.6 Å². The van der Waals surface area contributed by atoms with Crippen LogP contribution in [0.4, 0.5) is 4.39 Å². The maximum Gasteiger partial charge on any atom is 0.264 e. The molecule has 0 unspecified atom stereocenters. The zero-order valence-corrected chi connectivity index (χ0v) is 9.75. The number of hydrogen-bond acceptors (Lipinski definition) is 3. The molecule has 0 aliphatic rings. The van der Waals surface area contributed by atoms with Gasteiger partial charge < -0.3 is 0 Å². The van der Waals surface area contributed by atoms with Crippen molar-refractivity contribution in [2.45, 2.75) is 11.8 Å². The van der Waals surface area contributed by atoms with Crippen LogP contribution < -0.4 is 0 Å². The van der Waals surface area contributed by atoms with Gasteiger partial charge in [-0.2, -0.15) is 0 Å². The van der Waals surface area contributed by atoms with Gasteiger partial charge in [-0.3, -0.25) is 4.79 Å². The first-order valence-corrected chi connectivity index (χ1v) is 6.37. The Hall–Kier alpha value is -0.650. The average Bonchev–Trinajstić information content (AvgIpc) is 1.99. The molecule has 1 aromatic rings. The van der Waals surface area contributed by atoms with E-state index in [2.05, 4.69) is 0 Å². The van der Waals surface area contributed by atoms with Crippen LogP contribution in [0, 0.1) is 5.82 Å². The topological polar surface area (TPSA) is 51.2 Å². The second-order valence-corrected chi connectivity index (χ2v) is 5.70. The minimum Gasteiger partial charge on any atom is -0.294 e. The lowest BCUT2D eigenvalue weighted by Crippen LogP contribution is -2.05. The molecular weight excluding hydrogens is 266 g/mol. The number of halogens is 3. The van der Waals surface area contributed by atoms with Gasteiger partial charge in [0.2, 0.25) is 0 Å². The van der Waals surface area contributed by atoms with Gasteiger partial charge in [0.05, 0.1) is 0 Å². The van der Waals surface area contributed by atoms with Crippen molar-refractivity contribution in [3.05, 3.63) is 28.5 Å². The standard InChI is InChI=1S/C8H5Cl2FO3S/c1-4(12)6-2-5(9)3-7(11)8(6)15(10,13)14/h2-3H,1H3. The molecule has 0 aromatic heterocycles. The third-order valence-electron chi connectivity index (χ3n) is 1.63. The summed E-state index contributed by atoms with van der Waals surface area (Å²) in [7, 11) is 0.694. The fraction of sp³-hybridized carbons (Fsp3) is 0.125. The summed E-state index contributed by atoms with van der Waals surface area (Å²) in [5, 5.41) is -0.0678. The van der Waals surface area contributed by atoms with E-state index in [1.807, 2.05) is 0 Å². The highest BCUT2D eigenvalue weighted by molar-refractivity contribution is 8.13. The average molecular weight is 271 g/mol. The molecule has 0 amide bonds. The Morgan fingerprint density at radius 3 is 2.33 bits per heavy atom. The van der Waals surface area contributed by atoms with E-state index in [0.717, 1.165) is 19.1 Å². The van der Waals surface area contributed by atoms with Crippen LogP contribution in [0.2, 0.25) is 5.02 Å². The minimum absolute atomic E-state index is 0.0678. The summed E-state index contributed by atoms with van der Waals surface area (Å²) in [6, 6.07) is 1.84. The molecule has 0 aliphatic carbocycles. The molecule has 7 heteroatoms. The van der Waals surface area contributed by atoms with E-state index in [-0.39, 0.29) is 10.6 Å². The summed E-state index contributed by atoms with van der Waals surface area (Å²) < 4.78 is 35.3. The molecular formula is C8H5Cl2FO3S. The number of Topliss-reactive ketones (excluding diaryl/α,β-unsaturated/α-hetero) is 1. The van der Waals surface area contributed by atoms with Crippen molar-refractivity contribution in [2.75, 3.05) is 0 Å². The Morgan fingerprint density at radius 2 is 1.93 bits per heavy atom. The number of carbonyl (C=O) groups excluding carboxylic acids is 1. The number of hydrogen-bond donors (Lipinski definition) is 0. The highest BCUT2D eigenvalue weighted by atomic mass is 35.7. The molecule has 3 nitrogen and oxygen atoms in total. The number of rotatable bonds is 2. The Morgan fingerprint density at radius 1 is 1.40 bits per heavy atom. The van der Waals surface area contributed by atoms with Crippen LogP contribution in [-0.4, -0.2) is 14.2 Å². The highest BCUT2D eigenvalue weighted by Gasteiger charge is 2.24. The number of benzene rings is 1. The summed E-state index contributed by atoms with van der Waals surface area (Å²) in [5.41, 5.74) is -0.352. The van der Waals surface area contributed by atoms with Crippen LogP contribution in [0.5, 0.6) is 0 Å². The van der Waals surface area contributed by atoms with Crippen LogP contribution in [0.3, 0.4) is 0 Å². The maximum absolute atomic E-state index is 13.3. The normalized spacial score (nSPS) is 11.5. The Labute approximate surface area is 95.2 Å². The molecule has 0 saturated heterocycles. The lowest BCUT2D eigenvalue weighted by molar-refractivity contribution is 0.101. The van der Waals surface area contributed by atoms with Gasteiger partial charge in [-0.05, 0) is 19.1 Å². The first kappa shape index (κ1) is 12.4. The molecule has 0 heterocycles. The van der Waals surface area contributed by atoms with E-state index >= 15 is 0 Å². The van der Waals surface area contributed by atoms with E-state index in [4.69, 9.17) is 22.3 Å². The van der Waals surface area contributed by atoms with Gasteiger partial charge >= 0.3 is 0 Å². The van der Waals surface area contributed by atoms with Crippen LogP contribution in [-0.2, 0) is 9.05 Å². The van der Waals surface area contributed by atoms with Gasteiger partial charge in [0.25, 0.3) is 9.05 Å². The molecule has 0 atom stereocenters. The maximum atomic E-state index is 13.3. The van der Waals surface area contributed by atoms with E-state index < -0.39 is 25.5 Å². The summed E-state index contributed by atoms with van der Waals surface area (Å²) >= 11 is 5.49. The van der Waals surface area contributed by atoms with Crippen molar-refractivity contribution >= 4 is 37.1 Å². The van der Waals surface area contributed by atoms with Crippen molar-refractivity contribution in [3.8, 4) is 0 Å². The van der Waals surface area contributed by atoms with E-state index in [1.54, 1.807) is 0 Å². The molecule has 0 spiro atoms. The largest absolute Gasteiger partial charge is 0.294 e. The van der Waals surface area contributed by atoms with Crippen molar-refractivity contribution < 1.29 is 17.6 Å². The molecule has 1 aromatic carbocycles. The van der Waals surface area contributed by atoms with Crippen molar-refractivity contribution in [1.82, 2.24) is 0 Å². The molecule has 0 radical (unpaired) electrons. The van der Waals surface area contributed by atoms with Crippen LogP contribution in [0.1, 0.15) is 17.3 Å². The fourth-order valence-corrected chi connectivity index (χ4v) is 2.50. The van der Waals surface area contributed by atoms with Gasteiger partial charge in [0.15, 0.2) is 5.78 Å². The number of ketones is 1. The molecule has 0 bridgehead atoms. The first-order chi connectivity index (χ1) is 6.73. The van der Waals surface area contributed by atoms with Gasteiger partial charge in [-0.25, -0.2) is 12.8 Å². The molecule has 0 fully saturated rings. The molecule has 15 heavy (non-hydrogen) atoms. The smallest absolute Gasteiger partial charge is 0.264 e. The van der Waals surface area contributed by atoms with Gasteiger partial charge in [0, 0.05) is 21.3 Å². The minimum atomic E-state index is -4.31. The van der Waals surface area contributed by atoms with Gasteiger partial charge in [-0.15, -0.1) is 0 Å². The van der Waals surface area contributed by atoms with Crippen LogP contribution in [0.15, 0.2) is 17.0 Å². The zero-order valence-electron chi connectivity index (χ0n) is 7.42. The SMILES string of the molecule is CC(=O)c1cc(Cl)cc(F)c1S(=O)(=O)Cl. The van der Waals surface area contributed by atoms with E-state index in [1.165, 1.54) is 0 Å². The summed E-state index contributed by atoms with van der Waals surface area (Å²) in [4.78, 5) is 10.2. The third kappa shape index (κ3) is 2.68. The molecule has 0 aliphatic heterocycles. The molecule has 0 saturated carbocycles. The van der Waals surface area contributed by atoms with Gasteiger partial charge in [0.1, 0.15) is 10.7 Å². The Bertz CT molecular complexity index is 525. The van der Waals surface area contributed by atoms with Crippen molar-refractivity contribution in [3.63, 3.8) is 0 Å². The lowest BCUT2D eigenvalue weighted by Gasteiger charge is -2.05. The summed E-state index contributed by atoms with van der Waals surface area (Å²) in [5.74, 6) is -1.77. The summed E-state index contributed by atoms with van der Waals surface area (Å²) in [6.07, 6.45) is 0. The third-order valence-corrected chi connectivity index (χ3v) is 3.22. The quantitative estimate of drug-likeness (QED) is 0.613. The second kappa shape index (κ2) is 4.08. The number of carbonyl (C=O) groups is 1. The molecule has 82 valence electrons. The Kier molecular flexibility index (Phi) is 3.38. The van der Waals surface area contributed by atoms with Crippen LogP contribution in [0.25, 0.3) is 0 Å². The van der Waals surface area contributed by atoms with Crippen molar-refractivity contribution in [2.24, 2.45) is 0 Å².